The highest BCUT2D eigenvalue weighted by atomic mass is 35.5. The lowest BCUT2D eigenvalue weighted by atomic mass is 9.90. The van der Waals surface area contributed by atoms with Gasteiger partial charge < -0.3 is 15.4 Å². The zero-order chi connectivity index (χ0) is 13.9. The number of hydrogen-bond donors (Lipinski definition) is 2. The molecule has 1 aliphatic heterocycles. The van der Waals surface area contributed by atoms with Crippen LogP contribution in [0.1, 0.15) is 46.0 Å². The van der Waals surface area contributed by atoms with E-state index in [1.807, 2.05) is 0 Å². The molecule has 2 N–H and O–H groups in total. The molecule has 0 bridgehead atoms. The Kier molecular flexibility index (Phi) is 6.29. The van der Waals surface area contributed by atoms with Crippen LogP contribution in [-0.4, -0.2) is 38.3 Å². The predicted octanol–water partition coefficient (Wildman–Crippen LogP) is 2.12. The molecule has 1 aliphatic carbocycles. The second-order valence-corrected chi connectivity index (χ2v) is 6.73. The highest BCUT2D eigenvalue weighted by Gasteiger charge is 2.45. The molecule has 0 spiro atoms. The van der Waals surface area contributed by atoms with Crippen molar-refractivity contribution < 1.29 is 9.53 Å². The van der Waals surface area contributed by atoms with Crippen LogP contribution < -0.4 is 10.6 Å². The van der Waals surface area contributed by atoms with Gasteiger partial charge in [-0.1, -0.05) is 13.8 Å². The summed E-state index contributed by atoms with van der Waals surface area (Å²) in [7, 11) is 1.66. The lowest BCUT2D eigenvalue weighted by molar-refractivity contribution is -0.147. The van der Waals surface area contributed by atoms with Gasteiger partial charge >= 0.3 is 0 Å². The van der Waals surface area contributed by atoms with Gasteiger partial charge in [-0.15, -0.1) is 12.4 Å². The first kappa shape index (κ1) is 17.7. The van der Waals surface area contributed by atoms with Crippen molar-refractivity contribution in [3.05, 3.63) is 0 Å². The van der Waals surface area contributed by atoms with E-state index in [9.17, 15) is 4.79 Å². The Morgan fingerprint density at radius 2 is 1.85 bits per heavy atom. The van der Waals surface area contributed by atoms with Gasteiger partial charge in [-0.3, -0.25) is 4.79 Å². The SMILES string of the molecule is COC1(C(=O)NCC2(CC(C)C)CC2)CCNCC1.Cl. The Balaban J connectivity index is 0.00000200. The van der Waals surface area contributed by atoms with E-state index in [0.717, 1.165) is 32.5 Å². The number of carbonyl (C=O) groups excluding carboxylic acids is 1. The molecule has 2 aliphatic rings. The number of amides is 1. The summed E-state index contributed by atoms with van der Waals surface area (Å²) in [5, 5.41) is 6.44. The van der Waals surface area contributed by atoms with Gasteiger partial charge in [0.25, 0.3) is 5.91 Å². The molecular weight excluding hydrogens is 276 g/mol. The standard InChI is InChI=1S/C15H28N2O2.ClH/c1-12(2)10-14(4-5-14)11-17-13(18)15(19-3)6-8-16-9-7-15;/h12,16H,4-11H2,1-3H3,(H,17,18);1H. The molecule has 4 nitrogen and oxygen atoms in total. The van der Waals surface area contributed by atoms with Crippen LogP contribution in [0.25, 0.3) is 0 Å². The van der Waals surface area contributed by atoms with E-state index >= 15 is 0 Å². The summed E-state index contributed by atoms with van der Waals surface area (Å²) < 4.78 is 5.56. The minimum Gasteiger partial charge on any atom is -0.368 e. The van der Waals surface area contributed by atoms with Crippen LogP contribution in [0.2, 0.25) is 0 Å². The van der Waals surface area contributed by atoms with Gasteiger partial charge in [-0.2, -0.15) is 0 Å². The molecule has 1 saturated heterocycles. The second kappa shape index (κ2) is 7.10. The minimum atomic E-state index is -0.598. The highest BCUT2D eigenvalue weighted by Crippen LogP contribution is 2.50. The number of halogens is 1. The molecule has 0 unspecified atom stereocenters. The maximum atomic E-state index is 12.4. The summed E-state index contributed by atoms with van der Waals surface area (Å²) in [5.41, 5.74) is -0.217. The van der Waals surface area contributed by atoms with Crippen molar-refractivity contribution in [1.29, 1.82) is 0 Å². The Morgan fingerprint density at radius 1 is 1.25 bits per heavy atom. The fraction of sp³-hybridized carbons (Fsp3) is 0.933. The molecule has 0 aromatic heterocycles. The van der Waals surface area contributed by atoms with Crippen LogP contribution in [0, 0.1) is 11.3 Å². The molecule has 1 heterocycles. The van der Waals surface area contributed by atoms with E-state index in [0.29, 0.717) is 11.3 Å². The largest absolute Gasteiger partial charge is 0.368 e. The molecule has 1 saturated carbocycles. The third-order valence-electron chi connectivity index (χ3n) is 4.64. The minimum absolute atomic E-state index is 0. The average Bonchev–Trinajstić information content (AvgIpc) is 3.16. The van der Waals surface area contributed by atoms with Gasteiger partial charge in [-0.05, 0) is 56.5 Å². The number of hydrogen-bond acceptors (Lipinski definition) is 3. The molecule has 5 heteroatoms. The molecule has 1 amide bonds. The van der Waals surface area contributed by atoms with Crippen molar-refractivity contribution in [2.75, 3.05) is 26.7 Å². The zero-order valence-corrected chi connectivity index (χ0v) is 13.8. The Labute approximate surface area is 128 Å². The van der Waals surface area contributed by atoms with Crippen LogP contribution in [0.3, 0.4) is 0 Å². The fourth-order valence-electron chi connectivity index (χ4n) is 3.28. The summed E-state index contributed by atoms with van der Waals surface area (Å²) in [6, 6.07) is 0. The smallest absolute Gasteiger partial charge is 0.252 e. The van der Waals surface area contributed by atoms with Crippen LogP contribution in [0.4, 0.5) is 0 Å². The lowest BCUT2D eigenvalue weighted by Gasteiger charge is -2.35. The molecule has 2 fully saturated rings. The van der Waals surface area contributed by atoms with Gasteiger partial charge in [0.2, 0.25) is 0 Å². The highest BCUT2D eigenvalue weighted by molar-refractivity contribution is 5.85. The molecule has 0 aromatic rings. The third-order valence-corrected chi connectivity index (χ3v) is 4.64. The van der Waals surface area contributed by atoms with Gasteiger partial charge in [0.15, 0.2) is 0 Å². The normalized spacial score (nSPS) is 23.0. The van der Waals surface area contributed by atoms with Gasteiger partial charge in [0.1, 0.15) is 5.60 Å². The number of methoxy groups -OCH3 is 1. The van der Waals surface area contributed by atoms with E-state index in [2.05, 4.69) is 24.5 Å². The average molecular weight is 305 g/mol. The summed E-state index contributed by atoms with van der Waals surface area (Å²) in [5.74, 6) is 0.793. The fourth-order valence-corrected chi connectivity index (χ4v) is 3.28. The lowest BCUT2D eigenvalue weighted by Crippen LogP contribution is -2.54. The van der Waals surface area contributed by atoms with Crippen molar-refractivity contribution in [2.45, 2.75) is 51.6 Å². The van der Waals surface area contributed by atoms with Crippen LogP contribution in [0.5, 0.6) is 0 Å². The maximum Gasteiger partial charge on any atom is 0.252 e. The molecular formula is C15H29ClN2O2. The predicted molar refractivity (Wildman–Crippen MR) is 83.2 cm³/mol. The van der Waals surface area contributed by atoms with Crippen molar-refractivity contribution in [3.63, 3.8) is 0 Å². The number of rotatable bonds is 6. The number of ether oxygens (including phenoxy) is 1. The first-order chi connectivity index (χ1) is 9.02. The summed E-state index contributed by atoms with van der Waals surface area (Å²) in [6.45, 7) is 7.05. The summed E-state index contributed by atoms with van der Waals surface area (Å²) >= 11 is 0. The quantitative estimate of drug-likeness (QED) is 0.790. The molecule has 0 atom stereocenters. The Hall–Kier alpha value is -0.320. The first-order valence-electron chi connectivity index (χ1n) is 7.56. The van der Waals surface area contributed by atoms with Crippen molar-refractivity contribution in [1.82, 2.24) is 10.6 Å². The molecule has 20 heavy (non-hydrogen) atoms. The monoisotopic (exact) mass is 304 g/mol. The van der Waals surface area contributed by atoms with E-state index in [4.69, 9.17) is 4.74 Å². The van der Waals surface area contributed by atoms with E-state index in [1.54, 1.807) is 7.11 Å². The number of piperidine rings is 1. The summed E-state index contributed by atoms with van der Waals surface area (Å²) in [6.07, 6.45) is 5.27. The molecule has 0 aromatic carbocycles. The van der Waals surface area contributed by atoms with E-state index in [-0.39, 0.29) is 18.3 Å². The van der Waals surface area contributed by atoms with Crippen LogP contribution in [-0.2, 0) is 9.53 Å². The van der Waals surface area contributed by atoms with Gasteiger partial charge in [-0.25, -0.2) is 0 Å². The zero-order valence-electron chi connectivity index (χ0n) is 13.0. The van der Waals surface area contributed by atoms with Gasteiger partial charge in [0.05, 0.1) is 0 Å². The molecule has 118 valence electrons. The van der Waals surface area contributed by atoms with E-state index in [1.165, 1.54) is 19.3 Å². The third kappa shape index (κ3) is 4.09. The Morgan fingerprint density at radius 3 is 2.30 bits per heavy atom. The van der Waals surface area contributed by atoms with Crippen LogP contribution in [0.15, 0.2) is 0 Å². The second-order valence-electron chi connectivity index (χ2n) is 6.73. The maximum absolute atomic E-state index is 12.4. The van der Waals surface area contributed by atoms with E-state index < -0.39 is 5.60 Å². The van der Waals surface area contributed by atoms with Crippen LogP contribution >= 0.6 is 12.4 Å². The van der Waals surface area contributed by atoms with Crippen molar-refractivity contribution >= 4 is 18.3 Å². The number of carbonyl (C=O) groups is 1. The van der Waals surface area contributed by atoms with Crippen molar-refractivity contribution in [3.8, 4) is 0 Å². The number of nitrogens with one attached hydrogen (secondary N) is 2. The molecule has 0 radical (unpaired) electrons. The summed E-state index contributed by atoms with van der Waals surface area (Å²) in [4.78, 5) is 12.4. The Bertz CT molecular complexity index is 324. The molecule has 2 rings (SSSR count). The van der Waals surface area contributed by atoms with Crippen molar-refractivity contribution in [2.24, 2.45) is 11.3 Å². The van der Waals surface area contributed by atoms with Gasteiger partial charge in [0, 0.05) is 13.7 Å². The first-order valence-corrected chi connectivity index (χ1v) is 7.56. The topological polar surface area (TPSA) is 50.4 Å².